The van der Waals surface area contributed by atoms with E-state index in [0.717, 1.165) is 31.2 Å². The average molecular weight is 308 g/mol. The van der Waals surface area contributed by atoms with E-state index in [0.29, 0.717) is 18.0 Å². The first-order valence-corrected chi connectivity index (χ1v) is 7.72. The molecule has 1 aromatic carbocycles. The van der Waals surface area contributed by atoms with Crippen molar-refractivity contribution >= 4 is 23.5 Å². The molecule has 1 heterocycles. The number of halogens is 1. The zero-order chi connectivity index (χ0) is 15.0. The fourth-order valence-electron chi connectivity index (χ4n) is 3.48. The number of hydrogen-bond acceptors (Lipinski definition) is 2. The van der Waals surface area contributed by atoms with Gasteiger partial charge < -0.3 is 10.0 Å². The van der Waals surface area contributed by atoms with Crippen LogP contribution in [0.4, 0.5) is 0 Å². The lowest BCUT2D eigenvalue weighted by atomic mass is 9.63. The number of likely N-dealkylation sites (tertiary alicyclic amines) is 1. The van der Waals surface area contributed by atoms with Crippen molar-refractivity contribution in [1.29, 1.82) is 0 Å². The molecular weight excluding hydrogens is 290 g/mol. The summed E-state index contributed by atoms with van der Waals surface area (Å²) in [5.41, 5.74) is 0.352. The van der Waals surface area contributed by atoms with Gasteiger partial charge in [-0.2, -0.15) is 0 Å². The number of amides is 1. The predicted octanol–water partition coefficient (Wildman–Crippen LogP) is 2.84. The highest BCUT2D eigenvalue weighted by atomic mass is 35.5. The quantitative estimate of drug-likeness (QED) is 0.934. The second-order valence-corrected chi connectivity index (χ2v) is 6.38. The van der Waals surface area contributed by atoms with Crippen LogP contribution in [-0.2, 0) is 15.0 Å². The number of benzene rings is 1. The molecule has 1 saturated heterocycles. The van der Waals surface area contributed by atoms with Gasteiger partial charge in [0, 0.05) is 11.6 Å². The molecule has 112 valence electrons. The van der Waals surface area contributed by atoms with E-state index >= 15 is 0 Å². The number of carboxylic acids is 1. The summed E-state index contributed by atoms with van der Waals surface area (Å²) in [4.78, 5) is 25.9. The van der Waals surface area contributed by atoms with Crippen molar-refractivity contribution in [2.45, 2.75) is 43.6 Å². The Morgan fingerprint density at radius 3 is 2.62 bits per heavy atom. The van der Waals surface area contributed by atoms with Crippen LogP contribution in [0.1, 0.15) is 37.7 Å². The molecule has 2 fully saturated rings. The lowest BCUT2D eigenvalue weighted by Crippen LogP contribution is -2.53. The molecule has 1 atom stereocenters. The van der Waals surface area contributed by atoms with Crippen LogP contribution in [0.2, 0.25) is 5.02 Å². The van der Waals surface area contributed by atoms with Gasteiger partial charge in [0.15, 0.2) is 0 Å². The first kappa shape index (κ1) is 14.4. The van der Waals surface area contributed by atoms with Crippen molar-refractivity contribution < 1.29 is 14.7 Å². The molecule has 1 amide bonds. The lowest BCUT2D eigenvalue weighted by Gasteiger charge is -2.44. The minimum atomic E-state index is -0.901. The Morgan fingerprint density at radius 2 is 2.05 bits per heavy atom. The predicted molar refractivity (Wildman–Crippen MR) is 79.4 cm³/mol. The third kappa shape index (κ3) is 2.31. The summed E-state index contributed by atoms with van der Waals surface area (Å²) >= 11 is 6.06. The SMILES string of the molecule is O=C(O)[C@@H]1CCCN1C(=O)C1(c2cccc(Cl)c2)CCC1. The summed E-state index contributed by atoms with van der Waals surface area (Å²) in [6, 6.07) is 6.73. The van der Waals surface area contributed by atoms with Crippen LogP contribution >= 0.6 is 11.6 Å². The van der Waals surface area contributed by atoms with E-state index in [2.05, 4.69) is 0 Å². The molecule has 0 spiro atoms. The molecule has 0 radical (unpaired) electrons. The summed E-state index contributed by atoms with van der Waals surface area (Å²) in [5.74, 6) is -0.942. The number of aliphatic carboxylic acids is 1. The molecular formula is C16H18ClNO3. The highest BCUT2D eigenvalue weighted by molar-refractivity contribution is 6.30. The maximum absolute atomic E-state index is 13.0. The van der Waals surface area contributed by atoms with E-state index in [9.17, 15) is 14.7 Å². The topological polar surface area (TPSA) is 57.6 Å². The Labute approximate surface area is 128 Å². The van der Waals surface area contributed by atoms with Crippen molar-refractivity contribution in [3.8, 4) is 0 Å². The van der Waals surface area contributed by atoms with Gasteiger partial charge in [-0.1, -0.05) is 30.2 Å². The molecule has 21 heavy (non-hydrogen) atoms. The van der Waals surface area contributed by atoms with Gasteiger partial charge in [-0.15, -0.1) is 0 Å². The van der Waals surface area contributed by atoms with Crippen LogP contribution in [0.15, 0.2) is 24.3 Å². The van der Waals surface area contributed by atoms with Crippen molar-refractivity contribution in [3.05, 3.63) is 34.9 Å². The van der Waals surface area contributed by atoms with E-state index in [1.165, 1.54) is 0 Å². The molecule has 3 rings (SSSR count). The molecule has 0 unspecified atom stereocenters. The number of carbonyl (C=O) groups excluding carboxylic acids is 1. The van der Waals surface area contributed by atoms with Crippen LogP contribution in [0, 0.1) is 0 Å². The summed E-state index contributed by atoms with van der Waals surface area (Å²) < 4.78 is 0. The molecule has 1 aromatic rings. The highest BCUT2D eigenvalue weighted by Crippen LogP contribution is 2.46. The van der Waals surface area contributed by atoms with Gasteiger partial charge in [0.2, 0.25) is 5.91 Å². The molecule has 1 saturated carbocycles. The Kier molecular flexibility index (Phi) is 3.66. The molecule has 1 aliphatic carbocycles. The van der Waals surface area contributed by atoms with Crippen LogP contribution in [0.5, 0.6) is 0 Å². The van der Waals surface area contributed by atoms with Crippen LogP contribution in [0.3, 0.4) is 0 Å². The Balaban J connectivity index is 1.92. The number of nitrogens with zero attached hydrogens (tertiary/aromatic N) is 1. The van der Waals surface area contributed by atoms with E-state index in [1.807, 2.05) is 18.2 Å². The van der Waals surface area contributed by atoms with Crippen molar-refractivity contribution in [1.82, 2.24) is 4.90 Å². The molecule has 1 N–H and O–H groups in total. The fourth-order valence-corrected chi connectivity index (χ4v) is 3.67. The zero-order valence-electron chi connectivity index (χ0n) is 11.7. The molecule has 0 aromatic heterocycles. The van der Waals surface area contributed by atoms with E-state index in [-0.39, 0.29) is 5.91 Å². The molecule has 5 heteroatoms. The van der Waals surface area contributed by atoms with E-state index in [4.69, 9.17) is 11.6 Å². The number of hydrogen-bond donors (Lipinski definition) is 1. The van der Waals surface area contributed by atoms with E-state index in [1.54, 1.807) is 11.0 Å². The Hall–Kier alpha value is -1.55. The minimum absolute atomic E-state index is 0.0408. The van der Waals surface area contributed by atoms with Gasteiger partial charge >= 0.3 is 5.97 Å². The van der Waals surface area contributed by atoms with Crippen LogP contribution in [0.25, 0.3) is 0 Å². The first-order valence-electron chi connectivity index (χ1n) is 7.34. The summed E-state index contributed by atoms with van der Waals surface area (Å²) in [5, 5.41) is 9.90. The Morgan fingerprint density at radius 1 is 1.29 bits per heavy atom. The van der Waals surface area contributed by atoms with E-state index < -0.39 is 17.4 Å². The van der Waals surface area contributed by atoms with Crippen molar-refractivity contribution in [2.24, 2.45) is 0 Å². The molecule has 4 nitrogen and oxygen atoms in total. The van der Waals surface area contributed by atoms with Crippen molar-refractivity contribution in [2.75, 3.05) is 6.54 Å². The van der Waals surface area contributed by atoms with Crippen LogP contribution < -0.4 is 0 Å². The number of carbonyl (C=O) groups is 2. The van der Waals surface area contributed by atoms with Gasteiger partial charge in [-0.05, 0) is 43.4 Å². The fraction of sp³-hybridized carbons (Fsp3) is 0.500. The average Bonchev–Trinajstić information content (AvgIpc) is 2.86. The maximum atomic E-state index is 13.0. The zero-order valence-corrected chi connectivity index (χ0v) is 12.5. The van der Waals surface area contributed by atoms with Gasteiger partial charge in [0.25, 0.3) is 0 Å². The largest absolute Gasteiger partial charge is 0.480 e. The smallest absolute Gasteiger partial charge is 0.326 e. The standard InChI is InChI=1S/C16H18ClNO3/c17-12-5-1-4-11(10-12)16(7-3-8-16)15(21)18-9-2-6-13(18)14(19)20/h1,4-5,10,13H,2-3,6-9H2,(H,19,20)/t13-/m0/s1. The first-order chi connectivity index (χ1) is 10.0. The molecule has 0 bridgehead atoms. The monoisotopic (exact) mass is 307 g/mol. The highest BCUT2D eigenvalue weighted by Gasteiger charge is 2.50. The van der Waals surface area contributed by atoms with Crippen molar-refractivity contribution in [3.63, 3.8) is 0 Å². The van der Waals surface area contributed by atoms with Gasteiger partial charge in [-0.3, -0.25) is 4.79 Å². The number of rotatable bonds is 3. The maximum Gasteiger partial charge on any atom is 0.326 e. The van der Waals surface area contributed by atoms with Gasteiger partial charge in [0.1, 0.15) is 6.04 Å². The lowest BCUT2D eigenvalue weighted by molar-refractivity contribution is -0.152. The molecule has 1 aliphatic heterocycles. The number of carboxylic acid groups (broad SMARTS) is 1. The molecule has 2 aliphatic rings. The van der Waals surface area contributed by atoms with Gasteiger partial charge in [-0.25, -0.2) is 4.79 Å². The minimum Gasteiger partial charge on any atom is -0.480 e. The summed E-state index contributed by atoms with van der Waals surface area (Å²) in [7, 11) is 0. The second-order valence-electron chi connectivity index (χ2n) is 5.94. The van der Waals surface area contributed by atoms with Gasteiger partial charge in [0.05, 0.1) is 5.41 Å². The normalized spacial score (nSPS) is 23.7. The third-order valence-electron chi connectivity index (χ3n) is 4.79. The second kappa shape index (κ2) is 5.34. The third-order valence-corrected chi connectivity index (χ3v) is 5.03. The van der Waals surface area contributed by atoms with Crippen LogP contribution in [-0.4, -0.2) is 34.5 Å². The summed E-state index contributed by atoms with van der Waals surface area (Å²) in [6.07, 6.45) is 3.84. The Bertz CT molecular complexity index is 583. The summed E-state index contributed by atoms with van der Waals surface area (Å²) in [6.45, 7) is 0.540.